The van der Waals surface area contributed by atoms with Crippen molar-refractivity contribution < 1.29 is 0 Å². The number of hydrogen-bond acceptors (Lipinski definition) is 2. The molecular weight excluding hydrogens is 653 g/mol. The van der Waals surface area contributed by atoms with E-state index in [1.165, 1.54) is 66.8 Å². The van der Waals surface area contributed by atoms with Crippen LogP contribution in [0.2, 0.25) is 0 Å². The van der Waals surface area contributed by atoms with Crippen molar-refractivity contribution in [1.82, 2.24) is 0 Å². The van der Waals surface area contributed by atoms with E-state index in [9.17, 15) is 0 Å². The fourth-order valence-corrected chi connectivity index (χ4v) is 8.96. The smallest absolute Gasteiger partial charge is 0.0755 e. The van der Waals surface area contributed by atoms with Crippen molar-refractivity contribution in [3.63, 3.8) is 0 Å². The lowest BCUT2D eigenvalue weighted by molar-refractivity contribution is 0.833. The Balaban J connectivity index is 1.56. The zero-order chi connectivity index (χ0) is 37.7. The molecule has 0 saturated heterocycles. The SMILES string of the molecule is CC(C)c1cccc(C(C)C)c1N=C(C(=Nc1c(C(C)C)cccc1C(C)C)C1c2ccccc2-c2ccccc21)C1c2ccccc2-c2ccccc21. The lowest BCUT2D eigenvalue weighted by atomic mass is 9.80. The molecule has 54 heavy (non-hydrogen) atoms. The normalized spacial score (nSPS) is 14.3. The summed E-state index contributed by atoms with van der Waals surface area (Å²) in [4.78, 5) is 12.2. The Morgan fingerprint density at radius 2 is 0.574 bits per heavy atom. The van der Waals surface area contributed by atoms with Crippen molar-refractivity contribution in [1.29, 1.82) is 0 Å². The second kappa shape index (κ2) is 14.5. The van der Waals surface area contributed by atoms with Crippen LogP contribution in [-0.4, -0.2) is 11.4 Å². The molecule has 2 aliphatic rings. The number of hydrogen-bond donors (Lipinski definition) is 0. The third-order valence-electron chi connectivity index (χ3n) is 11.6. The van der Waals surface area contributed by atoms with E-state index in [2.05, 4.69) is 189 Å². The average molecular weight is 705 g/mol. The average Bonchev–Trinajstić information content (AvgIpc) is 3.69. The lowest BCUT2D eigenvalue weighted by Gasteiger charge is -2.27. The molecule has 6 aromatic carbocycles. The molecular formula is C52H52N2. The van der Waals surface area contributed by atoms with Gasteiger partial charge in [-0.25, -0.2) is 9.98 Å². The van der Waals surface area contributed by atoms with Crippen LogP contribution in [0.5, 0.6) is 0 Å². The van der Waals surface area contributed by atoms with Crippen molar-refractivity contribution in [3.05, 3.63) is 178 Å². The first kappa shape index (κ1) is 35.7. The minimum absolute atomic E-state index is 0.106. The van der Waals surface area contributed by atoms with Crippen LogP contribution in [-0.2, 0) is 0 Å². The standard InChI is InChI=1S/C52H52N2/c1-31(2)35-27-17-28-36(32(3)4)49(35)53-51(47-43-23-13-9-19-39(43)40-20-10-14-24-44(40)47)52(54-50-37(33(5)6)29-18-30-38(50)34(7)8)48-45-25-15-11-21-41(45)42-22-12-16-26-46(42)48/h9-34,47-48H,1-8H3. The van der Waals surface area contributed by atoms with Crippen LogP contribution in [0.3, 0.4) is 0 Å². The first-order chi connectivity index (χ1) is 26.2. The van der Waals surface area contributed by atoms with Gasteiger partial charge in [0.1, 0.15) is 0 Å². The molecule has 2 aliphatic carbocycles. The molecule has 0 aromatic heterocycles. The van der Waals surface area contributed by atoms with Crippen molar-refractivity contribution in [2.75, 3.05) is 0 Å². The predicted molar refractivity (Wildman–Crippen MR) is 231 cm³/mol. The molecule has 0 saturated carbocycles. The van der Waals surface area contributed by atoms with E-state index in [1.807, 2.05) is 0 Å². The molecule has 0 N–H and O–H groups in total. The Bertz CT molecular complexity index is 2110. The van der Waals surface area contributed by atoms with E-state index < -0.39 is 0 Å². The fraction of sp³-hybridized carbons (Fsp3) is 0.269. The van der Waals surface area contributed by atoms with Gasteiger partial charge in [-0.1, -0.05) is 189 Å². The highest BCUT2D eigenvalue weighted by molar-refractivity contribution is 6.49. The van der Waals surface area contributed by atoms with Crippen LogP contribution in [0.1, 0.15) is 135 Å². The Morgan fingerprint density at radius 1 is 0.333 bits per heavy atom. The van der Waals surface area contributed by atoms with Crippen LogP contribution < -0.4 is 0 Å². The first-order valence-electron chi connectivity index (χ1n) is 19.9. The topological polar surface area (TPSA) is 24.7 Å². The minimum Gasteiger partial charge on any atom is -0.250 e. The van der Waals surface area contributed by atoms with Gasteiger partial charge >= 0.3 is 0 Å². The second-order valence-corrected chi connectivity index (χ2v) is 16.4. The maximum absolute atomic E-state index is 6.10. The van der Waals surface area contributed by atoms with E-state index in [1.54, 1.807) is 0 Å². The molecule has 6 aromatic rings. The van der Waals surface area contributed by atoms with Gasteiger partial charge in [0.15, 0.2) is 0 Å². The monoisotopic (exact) mass is 704 g/mol. The molecule has 0 bridgehead atoms. The van der Waals surface area contributed by atoms with Crippen LogP contribution in [0.15, 0.2) is 143 Å². The third kappa shape index (κ3) is 6.06. The maximum atomic E-state index is 6.10. The van der Waals surface area contributed by atoms with E-state index in [4.69, 9.17) is 9.98 Å². The summed E-state index contributed by atoms with van der Waals surface area (Å²) in [5, 5.41) is 0. The van der Waals surface area contributed by atoms with E-state index in [0.29, 0.717) is 23.7 Å². The molecule has 0 unspecified atom stereocenters. The molecule has 0 radical (unpaired) electrons. The summed E-state index contributed by atoms with van der Waals surface area (Å²) in [6.45, 7) is 18.4. The van der Waals surface area contributed by atoms with Crippen LogP contribution in [0.4, 0.5) is 11.4 Å². The van der Waals surface area contributed by atoms with Crippen LogP contribution in [0.25, 0.3) is 22.3 Å². The second-order valence-electron chi connectivity index (χ2n) is 16.4. The molecule has 8 rings (SSSR count). The van der Waals surface area contributed by atoms with Crippen molar-refractivity contribution in [2.45, 2.75) is 90.9 Å². The summed E-state index contributed by atoms with van der Waals surface area (Å²) in [5.41, 5.74) is 19.6. The Labute approximate surface area is 322 Å². The minimum atomic E-state index is -0.106. The van der Waals surface area contributed by atoms with Crippen LogP contribution >= 0.6 is 0 Å². The highest BCUT2D eigenvalue weighted by Crippen LogP contribution is 2.52. The first-order valence-corrected chi connectivity index (χ1v) is 19.9. The molecule has 0 atom stereocenters. The van der Waals surface area contributed by atoms with Crippen molar-refractivity contribution in [2.24, 2.45) is 9.98 Å². The van der Waals surface area contributed by atoms with E-state index in [0.717, 1.165) is 22.8 Å². The summed E-state index contributed by atoms with van der Waals surface area (Å²) in [6, 6.07) is 49.5. The number of rotatable bonds is 9. The predicted octanol–water partition coefficient (Wildman–Crippen LogP) is 14.7. The number of fused-ring (bicyclic) bond motifs is 6. The van der Waals surface area contributed by atoms with E-state index in [-0.39, 0.29) is 11.8 Å². The molecule has 0 aliphatic heterocycles. The molecule has 0 fully saturated rings. The number of benzene rings is 6. The highest BCUT2D eigenvalue weighted by Gasteiger charge is 2.41. The Kier molecular flexibility index (Phi) is 9.57. The highest BCUT2D eigenvalue weighted by atomic mass is 14.9. The van der Waals surface area contributed by atoms with Gasteiger partial charge in [0.25, 0.3) is 0 Å². The van der Waals surface area contributed by atoms with Gasteiger partial charge in [-0.15, -0.1) is 0 Å². The molecule has 0 heterocycles. The largest absolute Gasteiger partial charge is 0.250 e. The molecule has 270 valence electrons. The summed E-state index contributed by atoms with van der Waals surface area (Å²) in [7, 11) is 0. The van der Waals surface area contributed by atoms with Gasteiger partial charge in [0.2, 0.25) is 0 Å². The zero-order valence-electron chi connectivity index (χ0n) is 33.1. The Morgan fingerprint density at radius 3 is 0.815 bits per heavy atom. The van der Waals surface area contributed by atoms with Gasteiger partial charge in [-0.05, 0) is 90.4 Å². The summed E-state index contributed by atoms with van der Waals surface area (Å²) < 4.78 is 0. The molecule has 2 heteroatoms. The zero-order valence-corrected chi connectivity index (χ0v) is 33.1. The van der Waals surface area contributed by atoms with Crippen LogP contribution in [0, 0.1) is 0 Å². The van der Waals surface area contributed by atoms with Gasteiger partial charge in [0, 0.05) is 0 Å². The lowest BCUT2D eigenvalue weighted by Crippen LogP contribution is -2.28. The number of aliphatic imine (C=N–C) groups is 2. The summed E-state index contributed by atoms with van der Waals surface area (Å²) in [5.74, 6) is 0.988. The van der Waals surface area contributed by atoms with Crippen molar-refractivity contribution >= 4 is 22.8 Å². The summed E-state index contributed by atoms with van der Waals surface area (Å²) >= 11 is 0. The maximum Gasteiger partial charge on any atom is 0.0755 e. The summed E-state index contributed by atoms with van der Waals surface area (Å²) in [6.07, 6.45) is 0. The Hall–Kier alpha value is -5.34. The third-order valence-corrected chi connectivity index (χ3v) is 11.6. The van der Waals surface area contributed by atoms with Crippen molar-refractivity contribution in [3.8, 4) is 22.3 Å². The molecule has 2 nitrogen and oxygen atoms in total. The molecule has 0 amide bonds. The number of nitrogens with zero attached hydrogens (tertiary/aromatic N) is 2. The van der Waals surface area contributed by atoms with E-state index >= 15 is 0 Å². The van der Waals surface area contributed by atoms with Gasteiger partial charge in [0.05, 0.1) is 34.6 Å². The van der Waals surface area contributed by atoms with Gasteiger partial charge in [-0.2, -0.15) is 0 Å². The fourth-order valence-electron chi connectivity index (χ4n) is 8.96. The quantitative estimate of drug-likeness (QED) is 0.134. The van der Waals surface area contributed by atoms with Gasteiger partial charge < -0.3 is 0 Å². The van der Waals surface area contributed by atoms with Gasteiger partial charge in [-0.3, -0.25) is 0 Å². The number of para-hydroxylation sites is 2. The molecule has 0 spiro atoms.